The highest BCUT2D eigenvalue weighted by Gasteiger charge is 2.50. The van der Waals surface area contributed by atoms with Crippen LogP contribution < -0.4 is 24.6 Å². The number of piperazine rings is 1. The van der Waals surface area contributed by atoms with Crippen molar-refractivity contribution < 1.29 is 36.4 Å². The van der Waals surface area contributed by atoms with Gasteiger partial charge in [-0.1, -0.05) is 50.2 Å². The number of halogens is 2. The van der Waals surface area contributed by atoms with Crippen molar-refractivity contribution in [1.29, 1.82) is 0 Å². The number of ether oxygens (including phenoxy) is 2. The van der Waals surface area contributed by atoms with Gasteiger partial charge in [0.1, 0.15) is 34.3 Å². The summed E-state index contributed by atoms with van der Waals surface area (Å²) in [6, 6.07) is 27.3. The summed E-state index contributed by atoms with van der Waals surface area (Å²) in [6.45, 7) is 9.57. The van der Waals surface area contributed by atoms with Crippen molar-refractivity contribution in [3.8, 4) is 11.5 Å². The van der Waals surface area contributed by atoms with Crippen LogP contribution >= 0.6 is 0 Å². The minimum Gasteiger partial charge on any atom is -0.455 e. The molecule has 1 spiro atoms. The van der Waals surface area contributed by atoms with E-state index < -0.39 is 48.5 Å². The average Bonchev–Trinajstić information content (AvgIpc) is 3.86. The Balaban J connectivity index is 0.849. The molecule has 1 saturated carbocycles. The van der Waals surface area contributed by atoms with E-state index in [-0.39, 0.29) is 66.9 Å². The molecule has 1 amide bonds. The molecule has 4 aromatic carbocycles. The summed E-state index contributed by atoms with van der Waals surface area (Å²) in [6.07, 6.45) is 7.12. The van der Waals surface area contributed by atoms with Gasteiger partial charge in [-0.25, -0.2) is 26.9 Å². The fraction of sp³-hybridized carbons (Fsp3) is 0.429. The minimum absolute atomic E-state index is 0.0965. The molecule has 3 saturated heterocycles. The topological polar surface area (TPSA) is 179 Å². The van der Waals surface area contributed by atoms with Crippen LogP contribution in [0.15, 0.2) is 108 Å². The van der Waals surface area contributed by atoms with Crippen LogP contribution in [0.3, 0.4) is 0 Å². The van der Waals surface area contributed by atoms with Crippen LogP contribution in [0.2, 0.25) is 0 Å². The Bertz CT molecular complexity index is 3170. The molecule has 3 N–H and O–H groups in total. The van der Waals surface area contributed by atoms with Crippen molar-refractivity contribution in [2.45, 2.75) is 87.5 Å². The Labute approximate surface area is 436 Å². The first-order valence-electron chi connectivity index (χ1n) is 25.8. The molecule has 6 aromatic rings. The van der Waals surface area contributed by atoms with Gasteiger partial charge in [0, 0.05) is 127 Å². The van der Waals surface area contributed by atoms with Gasteiger partial charge in [-0.2, -0.15) is 0 Å². The van der Waals surface area contributed by atoms with Gasteiger partial charge >= 0.3 is 0 Å². The number of sulfonamides is 1. The number of benzene rings is 4. The van der Waals surface area contributed by atoms with Crippen molar-refractivity contribution in [1.82, 2.24) is 24.5 Å². The number of H-pyrrole nitrogens is 1. The summed E-state index contributed by atoms with van der Waals surface area (Å²) in [7, 11) is -0.668. The molecule has 1 aliphatic carbocycles. The summed E-state index contributed by atoms with van der Waals surface area (Å²) < 4.78 is 73.0. The lowest BCUT2D eigenvalue weighted by Crippen LogP contribution is -2.60. The fourth-order valence-electron chi connectivity index (χ4n) is 11.5. The van der Waals surface area contributed by atoms with Crippen LogP contribution in [-0.4, -0.2) is 117 Å². The summed E-state index contributed by atoms with van der Waals surface area (Å²) in [5.41, 5.74) is 3.34. The normalized spacial score (nSPS) is 19.2. The number of hydrogen-bond donors (Lipinski definition) is 3. The Morgan fingerprint density at radius 1 is 0.973 bits per heavy atom. The second kappa shape index (κ2) is 21.2. The van der Waals surface area contributed by atoms with E-state index in [9.17, 15) is 23.3 Å². The van der Waals surface area contributed by atoms with E-state index in [1.165, 1.54) is 34.6 Å². The maximum Gasteiger partial charge on any atom is 0.293 e. The zero-order chi connectivity index (χ0) is 52.6. The highest BCUT2D eigenvalue weighted by molar-refractivity contribution is 7.90. The first kappa shape index (κ1) is 51.8. The molecular weight excluding hydrogens is 981 g/mol. The van der Waals surface area contributed by atoms with Crippen molar-refractivity contribution >= 4 is 49.7 Å². The third kappa shape index (κ3) is 11.2. The number of hydrogen-bond acceptors (Lipinski definition) is 13. The number of rotatable bonds is 16. The van der Waals surface area contributed by atoms with E-state index in [1.807, 2.05) is 9.62 Å². The number of fused-ring (bicyclic) bond motifs is 1. The number of pyridine rings is 1. The third-order valence-electron chi connectivity index (χ3n) is 15.9. The van der Waals surface area contributed by atoms with E-state index >= 15 is 8.78 Å². The maximum atomic E-state index is 16.6. The Morgan fingerprint density at radius 3 is 2.44 bits per heavy atom. The van der Waals surface area contributed by atoms with Gasteiger partial charge < -0.3 is 29.6 Å². The van der Waals surface area contributed by atoms with Crippen molar-refractivity contribution in [3.05, 3.63) is 142 Å². The van der Waals surface area contributed by atoms with Crippen molar-refractivity contribution in [3.63, 3.8) is 0 Å². The molecule has 5 heterocycles. The summed E-state index contributed by atoms with van der Waals surface area (Å²) in [4.78, 5) is 41.7. The largest absolute Gasteiger partial charge is 0.455 e. The Morgan fingerprint density at radius 2 is 1.72 bits per heavy atom. The standard InChI is InChI=1S/C56H65F2N9O7S/c1-37(2)44-7-5-6-8-45(44)51-35-64(34-38-9-11-40(12-10-38)63(3)4)23-24-66(51)41-31-55(32-41)16-21-65(22-17-55)49-30-52(74-42-27-39-15-20-59-53(39)60-33-42)46(29-47(49)57)54(68)62-75(71,72)43-13-14-48(50(28-43)67(69)70)61-36-56(58)18-25-73-26-19-56/h5-15,20,27-30,33,37,41,51,61H,16-19,21-26,31-32,34-36H2,1-4H3,(H,59,60)(H,62,68)/t51-/m0/s1. The van der Waals surface area contributed by atoms with Gasteiger partial charge in [-0.3, -0.25) is 24.7 Å². The second-order valence-electron chi connectivity index (χ2n) is 21.4. The number of alkyl halides is 1. The van der Waals surface area contributed by atoms with E-state index in [0.717, 1.165) is 76.1 Å². The number of piperidine rings is 1. The smallest absolute Gasteiger partial charge is 0.293 e. The highest BCUT2D eigenvalue weighted by Crippen LogP contribution is 2.54. The predicted octanol–water partition coefficient (Wildman–Crippen LogP) is 9.95. The second-order valence-corrected chi connectivity index (χ2v) is 23.0. The summed E-state index contributed by atoms with van der Waals surface area (Å²) in [5.74, 6) is -1.47. The molecule has 3 aliphatic heterocycles. The lowest BCUT2D eigenvalue weighted by atomic mass is 9.59. The van der Waals surface area contributed by atoms with Gasteiger partial charge in [-0.15, -0.1) is 0 Å². The number of anilines is 3. The molecule has 4 aliphatic rings. The fourth-order valence-corrected chi connectivity index (χ4v) is 12.5. The molecular formula is C56H65F2N9O7S. The maximum absolute atomic E-state index is 16.6. The molecule has 396 valence electrons. The molecule has 10 rings (SSSR count). The molecule has 4 fully saturated rings. The van der Waals surface area contributed by atoms with Gasteiger partial charge in [0.25, 0.3) is 21.6 Å². The molecule has 0 bridgehead atoms. The number of aromatic amines is 1. The number of nitrogens with one attached hydrogen (secondary N) is 3. The van der Waals surface area contributed by atoms with Gasteiger partial charge in [0.2, 0.25) is 0 Å². The quantitative estimate of drug-likeness (QED) is 0.0617. The lowest BCUT2D eigenvalue weighted by molar-refractivity contribution is -0.384. The number of amides is 1. The number of nitrogens with zero attached hydrogens (tertiary/aromatic N) is 6. The molecule has 2 aromatic heterocycles. The molecule has 0 unspecified atom stereocenters. The first-order chi connectivity index (χ1) is 35.9. The average molecular weight is 1050 g/mol. The number of carbonyl (C=O) groups is 1. The van der Waals surface area contributed by atoms with Gasteiger partial charge in [-0.05, 0) is 96.2 Å². The Hall–Kier alpha value is -6.67. The van der Waals surface area contributed by atoms with Crippen LogP contribution in [0, 0.1) is 21.3 Å². The number of nitro benzene ring substituents is 1. The predicted molar refractivity (Wildman–Crippen MR) is 286 cm³/mol. The number of aromatic nitrogens is 2. The molecule has 75 heavy (non-hydrogen) atoms. The van der Waals surface area contributed by atoms with Crippen LogP contribution in [0.25, 0.3) is 11.0 Å². The monoisotopic (exact) mass is 1050 g/mol. The highest BCUT2D eigenvalue weighted by atomic mass is 32.2. The zero-order valence-corrected chi connectivity index (χ0v) is 43.7. The van der Waals surface area contributed by atoms with E-state index in [2.05, 4.69) is 106 Å². The Kier molecular flexibility index (Phi) is 14.6. The van der Waals surface area contributed by atoms with Crippen molar-refractivity contribution in [2.75, 3.05) is 81.7 Å². The van der Waals surface area contributed by atoms with Crippen LogP contribution in [0.1, 0.15) is 91.4 Å². The number of nitro groups is 1. The third-order valence-corrected chi connectivity index (χ3v) is 17.2. The summed E-state index contributed by atoms with van der Waals surface area (Å²) >= 11 is 0. The summed E-state index contributed by atoms with van der Waals surface area (Å²) in [5, 5.41) is 15.6. The van der Waals surface area contributed by atoms with Crippen LogP contribution in [0.5, 0.6) is 11.5 Å². The molecule has 16 nitrogen and oxygen atoms in total. The van der Waals surface area contributed by atoms with Gasteiger partial charge in [0.15, 0.2) is 0 Å². The lowest BCUT2D eigenvalue weighted by Gasteiger charge is -2.58. The van der Waals surface area contributed by atoms with Crippen LogP contribution in [0.4, 0.5) is 31.5 Å². The first-order valence-corrected chi connectivity index (χ1v) is 27.3. The minimum atomic E-state index is -4.78. The molecule has 19 heteroatoms. The van der Waals surface area contributed by atoms with E-state index in [1.54, 1.807) is 18.3 Å². The van der Waals surface area contributed by atoms with E-state index in [0.29, 0.717) is 36.1 Å². The van der Waals surface area contributed by atoms with E-state index in [4.69, 9.17) is 9.47 Å². The van der Waals surface area contributed by atoms with Crippen molar-refractivity contribution in [2.24, 2.45) is 5.41 Å². The number of carbonyl (C=O) groups excluding carboxylic acids is 1. The zero-order valence-electron chi connectivity index (χ0n) is 42.9. The van der Waals surface area contributed by atoms with Crippen LogP contribution in [-0.2, 0) is 21.3 Å². The van der Waals surface area contributed by atoms with Gasteiger partial charge in [0.05, 0.1) is 27.3 Å². The molecule has 0 radical (unpaired) electrons. The molecule has 1 atom stereocenters. The SMILES string of the molecule is CC(C)c1ccccc1[C@@H]1CN(Cc2ccc(N(C)C)cc2)CCN1C1CC2(CCN(c3cc(Oc4cnc5[nH]ccc5c4)c(C(=O)NS(=O)(=O)c4ccc(NCC5(F)CCOCC5)c([N+](=O)[O-])c4)cc3F)CC2)C1.